The third-order valence-electron chi connectivity index (χ3n) is 9.83. The molecule has 0 aromatic heterocycles. The lowest BCUT2D eigenvalue weighted by Crippen LogP contribution is -2.50. The minimum absolute atomic E-state index is 0.00673. The molecule has 2 saturated heterocycles. The molecule has 2 amide bonds. The molecule has 0 spiro atoms. The van der Waals surface area contributed by atoms with Gasteiger partial charge in [-0.3, -0.25) is 19.2 Å². The average Bonchev–Trinajstić information content (AvgIpc) is 3.04. The molecule has 2 heterocycles. The maximum absolute atomic E-state index is 12.5. The summed E-state index contributed by atoms with van der Waals surface area (Å²) in [4.78, 5) is 51.1. The Kier molecular flexibility index (Phi) is 25.3. The molecule has 2 atom stereocenters. The van der Waals surface area contributed by atoms with E-state index in [0.717, 1.165) is 90.1 Å². The van der Waals surface area contributed by atoms with Crippen LogP contribution in [0.15, 0.2) is 13.2 Å². The van der Waals surface area contributed by atoms with E-state index in [1.165, 1.54) is 0 Å². The standard InChI is InChI=1S/C22H43NO4Si.C16H29NO4.C2H4/c1-18(2)27-21(25)15-10-8-9-11-16-23-19(13-12-14-20(23)24)17-26-28(6,7)22(3,4)5;1-13(2)21-16(20)10-5-3-4-6-11-17-14(12-18)8-7-9-15(17)19;1-2/h18-19H,8-17H2,1-7H3;13-14,18H,3-12H2,1-2H3;1-2H2/t19-;14-;/m11./s1. The highest BCUT2D eigenvalue weighted by Crippen LogP contribution is 2.37. The van der Waals surface area contributed by atoms with Gasteiger partial charge in [-0.2, -0.15) is 0 Å². The molecule has 0 aliphatic carbocycles. The number of aliphatic hydroxyl groups is 1. The summed E-state index contributed by atoms with van der Waals surface area (Å²) in [5.41, 5.74) is 0. The van der Waals surface area contributed by atoms with Crippen LogP contribution in [-0.2, 0) is 33.1 Å². The number of esters is 2. The lowest BCUT2D eigenvalue weighted by atomic mass is 10.0. The number of carbonyl (C=O) groups is 4. The fourth-order valence-electron chi connectivity index (χ4n) is 5.94. The number of nitrogens with zero attached hydrogens (tertiary/aromatic N) is 2. The van der Waals surface area contributed by atoms with Crippen molar-refractivity contribution in [3.8, 4) is 0 Å². The van der Waals surface area contributed by atoms with E-state index in [1.807, 2.05) is 32.6 Å². The fraction of sp³-hybridized carbons (Fsp3) is 0.850. The minimum Gasteiger partial charge on any atom is -0.463 e. The van der Waals surface area contributed by atoms with Gasteiger partial charge in [0, 0.05) is 38.8 Å². The summed E-state index contributed by atoms with van der Waals surface area (Å²) in [6.07, 6.45) is 13.6. The van der Waals surface area contributed by atoms with E-state index in [2.05, 4.69) is 51.9 Å². The van der Waals surface area contributed by atoms with E-state index in [0.29, 0.717) is 32.3 Å². The summed E-state index contributed by atoms with van der Waals surface area (Å²) in [5.74, 6) is 0.206. The summed E-state index contributed by atoms with van der Waals surface area (Å²) in [6.45, 7) is 27.0. The van der Waals surface area contributed by atoms with Gasteiger partial charge in [0.2, 0.25) is 11.8 Å². The van der Waals surface area contributed by atoms with Crippen molar-refractivity contribution in [2.45, 2.75) is 194 Å². The van der Waals surface area contributed by atoms with Gasteiger partial charge in [0.25, 0.3) is 0 Å². The Morgan fingerprint density at radius 2 is 1.14 bits per heavy atom. The third-order valence-corrected chi connectivity index (χ3v) is 14.3. The summed E-state index contributed by atoms with van der Waals surface area (Å²) < 4.78 is 16.6. The Morgan fingerprint density at radius 1 is 0.745 bits per heavy atom. The molecule has 0 unspecified atom stereocenters. The van der Waals surface area contributed by atoms with Crippen molar-refractivity contribution >= 4 is 32.1 Å². The van der Waals surface area contributed by atoms with Gasteiger partial charge in [0.15, 0.2) is 8.32 Å². The van der Waals surface area contributed by atoms with Crippen molar-refractivity contribution in [1.29, 1.82) is 0 Å². The Labute approximate surface area is 312 Å². The first-order chi connectivity index (χ1) is 24.0. The van der Waals surface area contributed by atoms with Crippen molar-refractivity contribution in [2.75, 3.05) is 26.3 Å². The van der Waals surface area contributed by atoms with Crippen LogP contribution in [0.3, 0.4) is 0 Å². The maximum atomic E-state index is 12.5. The number of aliphatic hydroxyl groups excluding tert-OH is 1. The first-order valence-corrected chi connectivity index (χ1v) is 22.6. The molecule has 10 nitrogen and oxygen atoms in total. The van der Waals surface area contributed by atoms with E-state index >= 15 is 0 Å². The molecule has 0 bridgehead atoms. The van der Waals surface area contributed by atoms with Crippen LogP contribution in [0.4, 0.5) is 0 Å². The van der Waals surface area contributed by atoms with Crippen molar-refractivity contribution in [1.82, 2.24) is 9.80 Å². The second kappa shape index (κ2) is 26.5. The Bertz CT molecular complexity index is 997. The van der Waals surface area contributed by atoms with E-state index in [9.17, 15) is 24.3 Å². The lowest BCUT2D eigenvalue weighted by molar-refractivity contribution is -0.148. The number of carbonyl (C=O) groups excluding carboxylic acids is 4. The zero-order valence-corrected chi connectivity index (χ0v) is 35.1. The smallest absolute Gasteiger partial charge is 0.306 e. The van der Waals surface area contributed by atoms with Gasteiger partial charge in [-0.15, -0.1) is 13.2 Å². The molecule has 2 rings (SSSR count). The number of hydrogen-bond acceptors (Lipinski definition) is 8. The van der Waals surface area contributed by atoms with Crippen LogP contribution in [0, 0.1) is 0 Å². The Balaban J connectivity index is 0.000000969. The zero-order chi connectivity index (χ0) is 39.0. The van der Waals surface area contributed by atoms with Gasteiger partial charge in [0.05, 0.1) is 37.5 Å². The number of rotatable bonds is 20. The Hall–Kier alpha value is -2.24. The predicted molar refractivity (Wildman–Crippen MR) is 209 cm³/mol. The molecular weight excluding hydrogens is 665 g/mol. The zero-order valence-electron chi connectivity index (χ0n) is 34.1. The van der Waals surface area contributed by atoms with Crippen LogP contribution in [0.1, 0.15) is 151 Å². The third kappa shape index (κ3) is 21.2. The number of ether oxygens (including phenoxy) is 2. The van der Waals surface area contributed by atoms with Gasteiger partial charge in [0.1, 0.15) is 0 Å². The van der Waals surface area contributed by atoms with Crippen LogP contribution in [0.25, 0.3) is 0 Å². The van der Waals surface area contributed by atoms with E-state index in [-0.39, 0.29) is 59.7 Å². The molecule has 1 N–H and O–H groups in total. The van der Waals surface area contributed by atoms with Crippen LogP contribution < -0.4 is 0 Å². The van der Waals surface area contributed by atoms with Gasteiger partial charge < -0.3 is 28.8 Å². The number of piperidine rings is 2. The molecule has 0 aromatic carbocycles. The fourth-order valence-corrected chi connectivity index (χ4v) is 6.98. The minimum atomic E-state index is -1.79. The lowest BCUT2D eigenvalue weighted by Gasteiger charge is -2.41. The molecule has 2 fully saturated rings. The number of unbranched alkanes of at least 4 members (excludes halogenated alkanes) is 6. The molecule has 2 aliphatic rings. The van der Waals surface area contributed by atoms with Gasteiger partial charge >= 0.3 is 11.9 Å². The highest BCUT2D eigenvalue weighted by Gasteiger charge is 2.39. The van der Waals surface area contributed by atoms with E-state index in [1.54, 1.807) is 0 Å². The predicted octanol–water partition coefficient (Wildman–Crippen LogP) is 8.36. The highest BCUT2D eigenvalue weighted by atomic mass is 28.4. The summed E-state index contributed by atoms with van der Waals surface area (Å²) in [5, 5.41) is 9.50. The molecule has 2 aliphatic heterocycles. The largest absolute Gasteiger partial charge is 0.463 e. The van der Waals surface area contributed by atoms with E-state index < -0.39 is 8.32 Å². The molecule has 51 heavy (non-hydrogen) atoms. The van der Waals surface area contributed by atoms with Crippen molar-refractivity contribution in [3.05, 3.63) is 13.2 Å². The van der Waals surface area contributed by atoms with Crippen LogP contribution >= 0.6 is 0 Å². The van der Waals surface area contributed by atoms with Gasteiger partial charge in [-0.1, -0.05) is 46.5 Å². The molecular formula is C40H76N2O8Si. The molecule has 0 saturated carbocycles. The van der Waals surface area contributed by atoms with Crippen LogP contribution in [0.5, 0.6) is 0 Å². The van der Waals surface area contributed by atoms with Crippen LogP contribution in [-0.4, -0.2) is 97.6 Å². The van der Waals surface area contributed by atoms with Crippen molar-refractivity contribution < 1.29 is 38.2 Å². The molecule has 0 aromatic rings. The topological polar surface area (TPSA) is 123 Å². The van der Waals surface area contributed by atoms with E-state index in [4.69, 9.17) is 13.9 Å². The molecule has 11 heteroatoms. The Morgan fingerprint density at radius 3 is 1.53 bits per heavy atom. The quantitative estimate of drug-likeness (QED) is 0.0572. The monoisotopic (exact) mass is 741 g/mol. The van der Waals surface area contributed by atoms with Crippen molar-refractivity contribution in [3.63, 3.8) is 0 Å². The average molecular weight is 741 g/mol. The second-order valence-electron chi connectivity index (χ2n) is 15.9. The molecule has 298 valence electrons. The summed E-state index contributed by atoms with van der Waals surface area (Å²) >= 11 is 0. The van der Waals surface area contributed by atoms with Crippen molar-refractivity contribution in [2.24, 2.45) is 0 Å². The summed E-state index contributed by atoms with van der Waals surface area (Å²) in [7, 11) is -1.79. The highest BCUT2D eigenvalue weighted by molar-refractivity contribution is 6.74. The number of hydrogen-bond donors (Lipinski definition) is 1. The van der Waals surface area contributed by atoms with Crippen LogP contribution in [0.2, 0.25) is 18.1 Å². The normalized spacial score (nSPS) is 18.2. The van der Waals surface area contributed by atoms with Gasteiger partial charge in [-0.25, -0.2) is 0 Å². The number of likely N-dealkylation sites (tertiary alicyclic amines) is 2. The maximum Gasteiger partial charge on any atom is 0.306 e. The SMILES string of the molecule is C=C.CC(C)OC(=O)CCCCCCN1C(=O)CCC[C@@H]1CO.CC(C)OC(=O)CCCCCCN1C(=O)CCC[C@@H]1CO[Si](C)(C)C(C)(C)C. The first kappa shape index (κ1) is 48.8. The molecule has 0 radical (unpaired) electrons. The second-order valence-corrected chi connectivity index (χ2v) is 20.7. The summed E-state index contributed by atoms with van der Waals surface area (Å²) in [6, 6.07) is 0.226. The van der Waals surface area contributed by atoms with Gasteiger partial charge in [-0.05, 0) is 97.2 Å². The number of amides is 2. The first-order valence-electron chi connectivity index (χ1n) is 19.7.